The Kier molecular flexibility index (Phi) is 6.40. The highest BCUT2D eigenvalue weighted by atomic mass is 127. The number of rotatable bonds is 6. The summed E-state index contributed by atoms with van der Waals surface area (Å²) in [6, 6.07) is 6.58. The zero-order chi connectivity index (χ0) is 17.9. The lowest BCUT2D eigenvalue weighted by Crippen LogP contribution is -2.34. The molecule has 5 nitrogen and oxygen atoms in total. The normalized spacial score (nSPS) is 13.0. The zero-order valence-corrected chi connectivity index (χ0v) is 17.4. The van der Waals surface area contributed by atoms with Crippen LogP contribution < -0.4 is 5.32 Å². The smallest absolute Gasteiger partial charge is 0.252 e. The highest BCUT2D eigenvalue weighted by Gasteiger charge is 2.21. The number of carbonyl (C=O) groups is 1. The van der Waals surface area contributed by atoms with Crippen LogP contribution in [0.25, 0.3) is 0 Å². The Hall–Kier alpha value is -0.970. The number of nitrogens with one attached hydrogen (secondary N) is 1. The van der Waals surface area contributed by atoms with Crippen molar-refractivity contribution in [2.75, 3.05) is 14.1 Å². The highest BCUT2D eigenvalue weighted by molar-refractivity contribution is 14.1. The highest BCUT2D eigenvalue weighted by Crippen LogP contribution is 2.20. The SMILES string of the molecule is CC(Cc1ccsc1)NC(=O)c1cc(S(=O)(=O)N(C)C)ccc1I. The van der Waals surface area contributed by atoms with Crippen molar-refractivity contribution < 1.29 is 13.2 Å². The molecule has 1 heterocycles. The molecule has 0 spiro atoms. The number of hydrogen-bond donors (Lipinski definition) is 1. The zero-order valence-electron chi connectivity index (χ0n) is 13.6. The number of benzene rings is 1. The summed E-state index contributed by atoms with van der Waals surface area (Å²) < 4.78 is 26.3. The molecule has 0 aliphatic heterocycles. The van der Waals surface area contributed by atoms with Gasteiger partial charge in [-0.15, -0.1) is 0 Å². The molecular formula is C16H19IN2O3S2. The van der Waals surface area contributed by atoms with Crippen LogP contribution in [0.2, 0.25) is 0 Å². The van der Waals surface area contributed by atoms with Crippen LogP contribution in [-0.2, 0) is 16.4 Å². The summed E-state index contributed by atoms with van der Waals surface area (Å²) in [6.07, 6.45) is 0.738. The van der Waals surface area contributed by atoms with E-state index in [-0.39, 0.29) is 16.8 Å². The minimum atomic E-state index is -3.57. The van der Waals surface area contributed by atoms with Gasteiger partial charge in [0, 0.05) is 23.7 Å². The topological polar surface area (TPSA) is 66.5 Å². The molecule has 8 heteroatoms. The Morgan fingerprint density at radius 2 is 2.04 bits per heavy atom. The molecule has 0 saturated carbocycles. The van der Waals surface area contributed by atoms with E-state index >= 15 is 0 Å². The lowest BCUT2D eigenvalue weighted by molar-refractivity contribution is 0.0939. The summed E-state index contributed by atoms with van der Waals surface area (Å²) >= 11 is 3.66. The number of sulfonamides is 1. The molecule has 0 saturated heterocycles. The Balaban J connectivity index is 2.20. The quantitative estimate of drug-likeness (QED) is 0.650. The number of carbonyl (C=O) groups excluding carboxylic acids is 1. The van der Waals surface area contributed by atoms with Crippen molar-refractivity contribution in [2.45, 2.75) is 24.3 Å². The molecule has 1 atom stereocenters. The van der Waals surface area contributed by atoms with E-state index in [4.69, 9.17) is 0 Å². The van der Waals surface area contributed by atoms with Crippen molar-refractivity contribution in [2.24, 2.45) is 0 Å². The fourth-order valence-corrected chi connectivity index (χ4v) is 4.35. The molecule has 24 heavy (non-hydrogen) atoms. The fraction of sp³-hybridized carbons (Fsp3) is 0.312. The first-order valence-corrected chi connectivity index (χ1v) is 10.7. The van der Waals surface area contributed by atoms with E-state index in [9.17, 15) is 13.2 Å². The van der Waals surface area contributed by atoms with Crippen LogP contribution in [0.1, 0.15) is 22.8 Å². The Labute approximate surface area is 160 Å². The third-order valence-corrected chi connectivity index (χ3v) is 6.94. The van der Waals surface area contributed by atoms with Gasteiger partial charge in [-0.2, -0.15) is 11.3 Å². The first kappa shape index (κ1) is 19.4. The van der Waals surface area contributed by atoms with Crippen molar-refractivity contribution in [1.82, 2.24) is 9.62 Å². The van der Waals surface area contributed by atoms with Gasteiger partial charge in [0.25, 0.3) is 5.91 Å². The second kappa shape index (κ2) is 7.94. The van der Waals surface area contributed by atoms with Crippen LogP contribution >= 0.6 is 33.9 Å². The lowest BCUT2D eigenvalue weighted by Gasteiger charge is -2.16. The van der Waals surface area contributed by atoms with Gasteiger partial charge in [-0.3, -0.25) is 4.79 Å². The summed E-state index contributed by atoms with van der Waals surface area (Å²) in [4.78, 5) is 12.6. The molecule has 0 radical (unpaired) electrons. The molecule has 0 aliphatic rings. The molecule has 1 aromatic heterocycles. The summed E-state index contributed by atoms with van der Waals surface area (Å²) in [5.74, 6) is -0.266. The van der Waals surface area contributed by atoms with Crippen LogP contribution in [-0.4, -0.2) is 38.8 Å². The first-order chi connectivity index (χ1) is 11.2. The predicted molar refractivity (Wildman–Crippen MR) is 105 cm³/mol. The van der Waals surface area contributed by atoms with Gasteiger partial charge in [-0.05, 0) is 76.5 Å². The van der Waals surface area contributed by atoms with Gasteiger partial charge in [0.15, 0.2) is 0 Å². The molecular weight excluding hydrogens is 459 g/mol. The lowest BCUT2D eigenvalue weighted by atomic mass is 10.1. The average Bonchev–Trinajstić information content (AvgIpc) is 2.99. The van der Waals surface area contributed by atoms with Gasteiger partial charge in [0.2, 0.25) is 10.0 Å². The monoisotopic (exact) mass is 478 g/mol. The van der Waals surface area contributed by atoms with Crippen molar-refractivity contribution >= 4 is 49.9 Å². The number of thiophene rings is 1. The van der Waals surface area contributed by atoms with Crippen molar-refractivity contribution in [3.05, 3.63) is 49.7 Å². The van der Waals surface area contributed by atoms with Crippen LogP contribution in [0, 0.1) is 3.57 Å². The van der Waals surface area contributed by atoms with E-state index in [2.05, 4.69) is 10.7 Å². The van der Waals surface area contributed by atoms with E-state index in [1.165, 1.54) is 31.8 Å². The van der Waals surface area contributed by atoms with Gasteiger partial charge in [0.1, 0.15) is 0 Å². The molecule has 2 rings (SSSR count). The molecule has 0 aliphatic carbocycles. The minimum Gasteiger partial charge on any atom is -0.349 e. The second-order valence-corrected chi connectivity index (χ2v) is 9.73. The standard InChI is InChI=1S/C16H19IN2O3S2/c1-11(8-12-6-7-23-10-12)18-16(20)14-9-13(4-5-15(14)17)24(21,22)19(2)3/h4-7,9-11H,8H2,1-3H3,(H,18,20). The number of nitrogens with zero attached hydrogens (tertiary/aromatic N) is 1. The van der Waals surface area contributed by atoms with Gasteiger partial charge in [0.05, 0.1) is 10.5 Å². The Morgan fingerprint density at radius 3 is 2.62 bits per heavy atom. The molecule has 1 unspecified atom stereocenters. The van der Waals surface area contributed by atoms with Gasteiger partial charge < -0.3 is 5.32 Å². The van der Waals surface area contributed by atoms with Crippen molar-refractivity contribution in [3.63, 3.8) is 0 Å². The third-order valence-electron chi connectivity index (χ3n) is 3.46. The van der Waals surface area contributed by atoms with Crippen LogP contribution in [0.15, 0.2) is 39.9 Å². The van der Waals surface area contributed by atoms with Crippen molar-refractivity contribution in [3.8, 4) is 0 Å². The van der Waals surface area contributed by atoms with Gasteiger partial charge in [-0.25, -0.2) is 12.7 Å². The van der Waals surface area contributed by atoms with Gasteiger partial charge in [-0.1, -0.05) is 0 Å². The van der Waals surface area contributed by atoms with E-state index < -0.39 is 10.0 Å². The summed E-state index contributed by atoms with van der Waals surface area (Å²) in [5.41, 5.74) is 1.54. The molecule has 1 N–H and O–H groups in total. The Bertz CT molecular complexity index is 818. The number of hydrogen-bond acceptors (Lipinski definition) is 4. The van der Waals surface area contributed by atoms with Crippen LogP contribution in [0.5, 0.6) is 0 Å². The average molecular weight is 478 g/mol. The second-order valence-electron chi connectivity index (χ2n) is 5.64. The maximum Gasteiger partial charge on any atom is 0.252 e. The Morgan fingerprint density at radius 1 is 1.33 bits per heavy atom. The van der Waals surface area contributed by atoms with Crippen LogP contribution in [0.4, 0.5) is 0 Å². The number of halogens is 1. The van der Waals surface area contributed by atoms with Crippen LogP contribution in [0.3, 0.4) is 0 Å². The molecule has 0 bridgehead atoms. The summed E-state index contributed by atoms with van der Waals surface area (Å²) in [6.45, 7) is 1.93. The number of amides is 1. The fourth-order valence-electron chi connectivity index (χ4n) is 2.16. The van der Waals surface area contributed by atoms with Crippen molar-refractivity contribution in [1.29, 1.82) is 0 Å². The maximum atomic E-state index is 12.5. The maximum absolute atomic E-state index is 12.5. The predicted octanol–water partition coefficient (Wildman–Crippen LogP) is 2.96. The largest absolute Gasteiger partial charge is 0.349 e. The summed E-state index contributed by atoms with van der Waals surface area (Å²) in [5, 5.41) is 6.99. The van der Waals surface area contributed by atoms with E-state index in [1.54, 1.807) is 17.4 Å². The first-order valence-electron chi connectivity index (χ1n) is 7.26. The minimum absolute atomic E-state index is 0.0444. The van der Waals surface area contributed by atoms with E-state index in [0.717, 1.165) is 10.7 Å². The van der Waals surface area contributed by atoms with E-state index in [0.29, 0.717) is 9.13 Å². The molecule has 0 fully saturated rings. The summed E-state index contributed by atoms with van der Waals surface area (Å²) in [7, 11) is -0.631. The third kappa shape index (κ3) is 4.56. The van der Waals surface area contributed by atoms with Gasteiger partial charge >= 0.3 is 0 Å². The van der Waals surface area contributed by atoms with E-state index in [1.807, 2.05) is 41.0 Å². The molecule has 1 amide bonds. The molecule has 1 aromatic carbocycles. The molecule has 130 valence electrons. The molecule has 2 aromatic rings.